The zero-order chi connectivity index (χ0) is 19.8. The average molecular weight is 394 g/mol. The predicted octanol–water partition coefficient (Wildman–Crippen LogP) is 1.16. The number of aromatic nitrogens is 1. The van der Waals surface area contributed by atoms with Crippen LogP contribution in [-0.4, -0.2) is 80.2 Å². The van der Waals surface area contributed by atoms with E-state index in [2.05, 4.69) is 4.98 Å². The van der Waals surface area contributed by atoms with E-state index in [1.54, 1.807) is 43.1 Å². The number of carbonyl (C=O) groups excluding carboxylic acids is 1. The Morgan fingerprint density at radius 2 is 2.04 bits per heavy atom. The van der Waals surface area contributed by atoms with Gasteiger partial charge in [-0.05, 0) is 26.6 Å². The van der Waals surface area contributed by atoms with Crippen molar-refractivity contribution in [2.24, 2.45) is 0 Å². The molecule has 0 aliphatic carbocycles. The van der Waals surface area contributed by atoms with Crippen LogP contribution in [0.1, 0.15) is 6.42 Å². The van der Waals surface area contributed by atoms with E-state index in [1.807, 2.05) is 0 Å². The number of hydrogen-bond donors (Lipinski definition) is 0. The summed E-state index contributed by atoms with van der Waals surface area (Å²) in [5.41, 5.74) is 0. The summed E-state index contributed by atoms with van der Waals surface area (Å²) in [7, 11) is 1.42. The maximum absolute atomic E-state index is 14.3. The number of pyridine rings is 1. The molecule has 146 valence electrons. The zero-order valence-corrected chi connectivity index (χ0v) is 16.4. The smallest absolute Gasteiger partial charge is 0.243 e. The van der Waals surface area contributed by atoms with Crippen molar-refractivity contribution >= 4 is 26.7 Å². The summed E-state index contributed by atoms with van der Waals surface area (Å²) < 4.78 is 41.9. The van der Waals surface area contributed by atoms with Crippen LogP contribution in [0.15, 0.2) is 35.5 Å². The molecule has 2 heterocycles. The molecule has 0 radical (unpaired) electrons. The van der Waals surface area contributed by atoms with Crippen LogP contribution in [0.5, 0.6) is 0 Å². The Morgan fingerprint density at radius 3 is 2.74 bits per heavy atom. The molecule has 1 saturated heterocycles. The lowest BCUT2D eigenvalue weighted by molar-refractivity contribution is -0.132. The van der Waals surface area contributed by atoms with Gasteiger partial charge in [-0.1, -0.05) is 12.1 Å². The molecular weight excluding hydrogens is 371 g/mol. The van der Waals surface area contributed by atoms with Gasteiger partial charge in [0, 0.05) is 43.1 Å². The van der Waals surface area contributed by atoms with Crippen LogP contribution in [0, 0.1) is 5.82 Å². The first-order valence-electron chi connectivity index (χ1n) is 8.64. The Balaban J connectivity index is 1.87. The van der Waals surface area contributed by atoms with Gasteiger partial charge in [-0.25, -0.2) is 12.8 Å². The maximum Gasteiger partial charge on any atom is 0.243 e. The van der Waals surface area contributed by atoms with E-state index >= 15 is 0 Å². The minimum atomic E-state index is -3.89. The number of halogens is 1. The molecule has 1 fully saturated rings. The van der Waals surface area contributed by atoms with E-state index in [0.29, 0.717) is 11.8 Å². The summed E-state index contributed by atoms with van der Waals surface area (Å²) >= 11 is 0. The second-order valence-electron chi connectivity index (χ2n) is 7.02. The molecule has 9 heteroatoms. The first-order valence-corrected chi connectivity index (χ1v) is 10.1. The highest BCUT2D eigenvalue weighted by Crippen LogP contribution is 2.30. The number of nitrogens with zero attached hydrogens (tertiary/aromatic N) is 4. The molecular formula is C18H23FN4O3S. The summed E-state index contributed by atoms with van der Waals surface area (Å²) in [4.78, 5) is 19.3. The van der Waals surface area contributed by atoms with Gasteiger partial charge in [-0.2, -0.15) is 4.31 Å². The summed E-state index contributed by atoms with van der Waals surface area (Å²) in [6, 6.07) is 4.42. The molecule has 1 aliphatic rings. The van der Waals surface area contributed by atoms with Gasteiger partial charge < -0.3 is 9.80 Å². The first-order chi connectivity index (χ1) is 12.7. The van der Waals surface area contributed by atoms with E-state index in [1.165, 1.54) is 16.6 Å². The second kappa shape index (κ2) is 7.49. The Labute approximate surface area is 158 Å². The maximum atomic E-state index is 14.3. The van der Waals surface area contributed by atoms with Gasteiger partial charge in [0.1, 0.15) is 0 Å². The van der Waals surface area contributed by atoms with Gasteiger partial charge in [0.2, 0.25) is 15.9 Å². The molecule has 1 aliphatic heterocycles. The second-order valence-corrected chi connectivity index (χ2v) is 8.93. The minimum Gasteiger partial charge on any atom is -0.340 e. The van der Waals surface area contributed by atoms with Gasteiger partial charge in [0.25, 0.3) is 0 Å². The van der Waals surface area contributed by atoms with Crippen molar-refractivity contribution in [1.29, 1.82) is 0 Å². The molecule has 1 amide bonds. The molecule has 1 atom stereocenters. The van der Waals surface area contributed by atoms with Gasteiger partial charge in [-0.3, -0.25) is 9.78 Å². The normalized spacial score (nSPS) is 18.3. The molecule has 0 spiro atoms. The van der Waals surface area contributed by atoms with Crippen molar-refractivity contribution in [2.45, 2.75) is 17.4 Å². The Kier molecular flexibility index (Phi) is 5.45. The third-order valence-electron chi connectivity index (χ3n) is 4.84. The molecule has 0 saturated carbocycles. The molecule has 0 bridgehead atoms. The molecule has 3 rings (SSSR count). The molecule has 1 aromatic heterocycles. The van der Waals surface area contributed by atoms with Crippen LogP contribution in [0.2, 0.25) is 0 Å². The molecule has 2 aromatic rings. The van der Waals surface area contributed by atoms with Gasteiger partial charge >= 0.3 is 0 Å². The topological polar surface area (TPSA) is 73.8 Å². The summed E-state index contributed by atoms with van der Waals surface area (Å²) in [6.45, 7) is 0.748. The lowest BCUT2D eigenvalue weighted by Crippen LogP contribution is -2.43. The van der Waals surface area contributed by atoms with Gasteiger partial charge in [0.15, 0.2) is 5.82 Å². The van der Waals surface area contributed by atoms with Crippen LogP contribution >= 0.6 is 0 Å². The number of fused-ring (bicyclic) bond motifs is 1. The number of sulfonamides is 1. The van der Waals surface area contributed by atoms with Crippen LogP contribution in [0.4, 0.5) is 4.39 Å². The van der Waals surface area contributed by atoms with E-state index in [0.717, 1.165) is 6.20 Å². The van der Waals surface area contributed by atoms with Gasteiger partial charge in [-0.15, -0.1) is 0 Å². The lowest BCUT2D eigenvalue weighted by Gasteiger charge is -2.26. The van der Waals surface area contributed by atoms with Crippen molar-refractivity contribution in [3.8, 4) is 0 Å². The minimum absolute atomic E-state index is 0.0491. The average Bonchev–Trinajstić information content (AvgIpc) is 3.11. The number of amides is 1. The quantitative estimate of drug-likeness (QED) is 0.761. The number of carbonyl (C=O) groups is 1. The number of benzene rings is 1. The molecule has 27 heavy (non-hydrogen) atoms. The fourth-order valence-electron chi connectivity index (χ4n) is 3.34. The Hall–Kier alpha value is -2.10. The van der Waals surface area contributed by atoms with Crippen LogP contribution in [-0.2, 0) is 14.8 Å². The van der Waals surface area contributed by atoms with Crippen LogP contribution < -0.4 is 0 Å². The Morgan fingerprint density at radius 1 is 1.30 bits per heavy atom. The fourth-order valence-corrected chi connectivity index (χ4v) is 5.06. The number of likely N-dealkylation sites (N-methyl/N-ethyl adjacent to an activating group) is 2. The van der Waals surface area contributed by atoms with E-state index in [-0.39, 0.29) is 41.9 Å². The van der Waals surface area contributed by atoms with Crippen LogP contribution in [0.3, 0.4) is 0 Å². The van der Waals surface area contributed by atoms with E-state index < -0.39 is 15.8 Å². The van der Waals surface area contributed by atoms with E-state index in [4.69, 9.17) is 0 Å². The summed E-state index contributed by atoms with van der Waals surface area (Å²) in [5, 5.41) is 0.484. The summed E-state index contributed by atoms with van der Waals surface area (Å²) in [6.07, 6.45) is 3.00. The highest BCUT2D eigenvalue weighted by atomic mass is 32.2. The number of hydrogen-bond acceptors (Lipinski definition) is 5. The van der Waals surface area contributed by atoms with Crippen LogP contribution in [0.25, 0.3) is 10.8 Å². The molecule has 7 nitrogen and oxygen atoms in total. The van der Waals surface area contributed by atoms with Crippen molar-refractivity contribution in [1.82, 2.24) is 19.1 Å². The lowest BCUT2D eigenvalue weighted by atomic mass is 10.2. The number of rotatable bonds is 5. The summed E-state index contributed by atoms with van der Waals surface area (Å²) in [5.74, 6) is -0.729. The SMILES string of the molecule is CN(C)CC(=O)N(C)[C@H]1CCN(S(=O)(=O)c2cccc3cncc(F)c23)C1. The predicted molar refractivity (Wildman–Crippen MR) is 100 cm³/mol. The highest BCUT2D eigenvalue weighted by Gasteiger charge is 2.36. The standard InChI is InChI=1S/C18H23FN4O3S/c1-21(2)12-17(24)22(3)14-7-8-23(11-14)27(25,26)16-6-4-5-13-9-20-10-15(19)18(13)16/h4-6,9-10,14H,7-8,11-12H2,1-3H3/t14-/m0/s1. The van der Waals surface area contributed by atoms with Crippen molar-refractivity contribution in [2.75, 3.05) is 40.8 Å². The molecule has 0 unspecified atom stereocenters. The van der Waals surface area contributed by atoms with Crippen molar-refractivity contribution in [3.05, 3.63) is 36.4 Å². The third-order valence-corrected chi connectivity index (χ3v) is 6.74. The van der Waals surface area contributed by atoms with Crippen molar-refractivity contribution < 1.29 is 17.6 Å². The van der Waals surface area contributed by atoms with E-state index in [9.17, 15) is 17.6 Å². The van der Waals surface area contributed by atoms with Gasteiger partial charge in [0.05, 0.1) is 17.6 Å². The monoisotopic (exact) mass is 394 g/mol. The molecule has 1 aromatic carbocycles. The largest absolute Gasteiger partial charge is 0.340 e. The molecule has 0 N–H and O–H groups in total. The third kappa shape index (κ3) is 3.80. The first kappa shape index (κ1) is 19.7. The highest BCUT2D eigenvalue weighted by molar-refractivity contribution is 7.89. The van der Waals surface area contributed by atoms with Crippen molar-refractivity contribution in [3.63, 3.8) is 0 Å². The zero-order valence-electron chi connectivity index (χ0n) is 15.6. The Bertz CT molecular complexity index is 959. The fraction of sp³-hybridized carbons (Fsp3) is 0.444.